The monoisotopic (exact) mass is 569 g/mol. The second-order valence-electron chi connectivity index (χ2n) is 9.94. The van der Waals surface area contributed by atoms with Gasteiger partial charge in [-0.1, -0.05) is 23.8 Å². The van der Waals surface area contributed by atoms with Crippen LogP contribution in [0.3, 0.4) is 0 Å². The van der Waals surface area contributed by atoms with Gasteiger partial charge in [-0.25, -0.2) is 8.42 Å². The van der Waals surface area contributed by atoms with Gasteiger partial charge in [0, 0.05) is 37.6 Å². The Morgan fingerprint density at radius 3 is 2.52 bits per heavy atom. The van der Waals surface area contributed by atoms with Gasteiger partial charge < -0.3 is 21.1 Å². The number of rotatable bonds is 11. The standard InChI is InChI=1S/C27H35N7O5S/c1-16-12-17(2)24(18(3)13-16)40(38,39)33-22(26(36)37)15-31-25(35)19-7-8-20-21(32-34(4)23(20)14-19)6-5-9-28-27-29-10-11-30-27/h7-8,12-14,22,33H,5-6,9-11,15H2,1-4H3,(H,31,35)(H,36,37)(H2,28,29,30). The number of aryl methyl sites for hydroxylation is 5. The lowest BCUT2D eigenvalue weighted by atomic mass is 10.1. The number of nitrogens with zero attached hydrogens (tertiary/aromatic N) is 3. The van der Waals surface area contributed by atoms with Crippen LogP contribution < -0.4 is 20.7 Å². The molecule has 5 N–H and O–H groups in total. The van der Waals surface area contributed by atoms with Gasteiger partial charge in [-0.15, -0.1) is 0 Å². The molecule has 0 aliphatic carbocycles. The number of hydrogen-bond donors (Lipinski definition) is 5. The van der Waals surface area contributed by atoms with Crippen molar-refractivity contribution in [2.24, 2.45) is 12.0 Å². The zero-order valence-electron chi connectivity index (χ0n) is 23.0. The first-order chi connectivity index (χ1) is 19.0. The number of aromatic nitrogens is 2. The molecule has 1 aliphatic heterocycles. The Labute approximate surface area is 233 Å². The molecule has 0 radical (unpaired) electrons. The summed E-state index contributed by atoms with van der Waals surface area (Å²) < 4.78 is 30.0. The molecule has 4 rings (SSSR count). The molecule has 1 amide bonds. The summed E-state index contributed by atoms with van der Waals surface area (Å²) in [5, 5.41) is 24.2. The van der Waals surface area contributed by atoms with Gasteiger partial charge in [0.25, 0.3) is 5.91 Å². The van der Waals surface area contributed by atoms with E-state index in [1.165, 1.54) is 0 Å². The van der Waals surface area contributed by atoms with Crippen molar-refractivity contribution in [2.75, 3.05) is 26.2 Å². The van der Waals surface area contributed by atoms with E-state index in [0.29, 0.717) is 16.7 Å². The number of nitrogens with one attached hydrogen (secondary N) is 4. The number of amides is 1. The minimum absolute atomic E-state index is 0.0351. The Balaban J connectivity index is 1.40. The van der Waals surface area contributed by atoms with Gasteiger partial charge in [0.1, 0.15) is 6.04 Å². The van der Waals surface area contributed by atoms with Crippen LogP contribution in [0.15, 0.2) is 40.2 Å². The zero-order valence-corrected chi connectivity index (χ0v) is 23.9. The number of guanidine groups is 1. The van der Waals surface area contributed by atoms with Crippen LogP contribution in [0, 0.1) is 20.8 Å². The van der Waals surface area contributed by atoms with Crippen molar-refractivity contribution in [3.8, 4) is 0 Å². The second kappa shape index (κ2) is 12.0. The van der Waals surface area contributed by atoms with Crippen LogP contribution in [0.25, 0.3) is 10.9 Å². The quantitative estimate of drug-likeness (QED) is 0.214. The van der Waals surface area contributed by atoms with E-state index in [9.17, 15) is 23.1 Å². The van der Waals surface area contributed by atoms with Crippen molar-refractivity contribution in [1.29, 1.82) is 0 Å². The molecule has 1 aliphatic rings. The molecule has 0 saturated heterocycles. The van der Waals surface area contributed by atoms with Crippen molar-refractivity contribution in [2.45, 2.75) is 44.6 Å². The third kappa shape index (κ3) is 6.59. The van der Waals surface area contributed by atoms with Crippen molar-refractivity contribution < 1.29 is 23.1 Å². The molecule has 0 fully saturated rings. The van der Waals surface area contributed by atoms with Crippen LogP contribution in [0.5, 0.6) is 0 Å². The fraction of sp³-hybridized carbons (Fsp3) is 0.407. The van der Waals surface area contributed by atoms with Gasteiger partial charge >= 0.3 is 5.97 Å². The van der Waals surface area contributed by atoms with Gasteiger partial charge in [-0.2, -0.15) is 9.82 Å². The number of fused-ring (bicyclic) bond motifs is 1. The van der Waals surface area contributed by atoms with E-state index in [0.717, 1.165) is 60.6 Å². The Morgan fingerprint density at radius 2 is 1.88 bits per heavy atom. The highest BCUT2D eigenvalue weighted by Gasteiger charge is 2.28. The first-order valence-corrected chi connectivity index (χ1v) is 14.5. The number of sulfonamides is 1. The average molecular weight is 570 g/mol. The van der Waals surface area contributed by atoms with E-state index in [2.05, 4.69) is 30.8 Å². The number of carboxylic acid groups (broad SMARTS) is 1. The maximum atomic E-state index is 13.1. The second-order valence-corrected chi connectivity index (χ2v) is 11.6. The summed E-state index contributed by atoms with van der Waals surface area (Å²) in [7, 11) is -2.35. The molecule has 2 aromatic carbocycles. The largest absolute Gasteiger partial charge is 0.480 e. The maximum Gasteiger partial charge on any atom is 0.323 e. The summed E-state index contributed by atoms with van der Waals surface area (Å²) in [5.41, 5.74) is 3.91. The SMILES string of the molecule is Cc1cc(C)c(S(=O)(=O)NC(CNC(=O)c2ccc3c(CCCNC4=NCCN4)nn(C)c3c2)C(=O)O)c(C)c1. The van der Waals surface area contributed by atoms with Gasteiger partial charge in [0.2, 0.25) is 10.0 Å². The third-order valence-electron chi connectivity index (χ3n) is 6.68. The topological polar surface area (TPSA) is 167 Å². The van der Waals surface area contributed by atoms with E-state index in [-0.39, 0.29) is 4.90 Å². The van der Waals surface area contributed by atoms with Crippen LogP contribution >= 0.6 is 0 Å². The number of carbonyl (C=O) groups excluding carboxylic acids is 1. The minimum Gasteiger partial charge on any atom is -0.480 e. The van der Waals surface area contributed by atoms with Crippen LogP contribution in [-0.4, -0.2) is 73.4 Å². The average Bonchev–Trinajstić information content (AvgIpc) is 3.50. The summed E-state index contributed by atoms with van der Waals surface area (Å²) in [6.07, 6.45) is 1.59. The molecule has 214 valence electrons. The Hall–Kier alpha value is -3.97. The summed E-state index contributed by atoms with van der Waals surface area (Å²) >= 11 is 0. The first kappa shape index (κ1) is 29.0. The van der Waals surface area contributed by atoms with Crippen molar-refractivity contribution in [3.63, 3.8) is 0 Å². The highest BCUT2D eigenvalue weighted by Crippen LogP contribution is 2.23. The van der Waals surface area contributed by atoms with E-state index < -0.39 is 34.5 Å². The number of carbonyl (C=O) groups is 2. The number of hydrogen-bond acceptors (Lipinski definition) is 8. The summed E-state index contributed by atoms with van der Waals surface area (Å²) in [6.45, 7) is 7.12. The lowest BCUT2D eigenvalue weighted by Crippen LogP contribution is -2.48. The molecule has 3 aromatic rings. The van der Waals surface area contributed by atoms with Crippen LogP contribution in [-0.2, 0) is 28.3 Å². The number of aliphatic carboxylic acids is 1. The highest BCUT2D eigenvalue weighted by atomic mass is 32.2. The lowest BCUT2D eigenvalue weighted by Gasteiger charge is -2.18. The van der Waals surface area contributed by atoms with Gasteiger partial charge in [-0.05, 0) is 56.9 Å². The van der Waals surface area contributed by atoms with Crippen LogP contribution in [0.4, 0.5) is 0 Å². The molecule has 13 heteroatoms. The molecule has 1 unspecified atom stereocenters. The predicted octanol–water partition coefficient (Wildman–Crippen LogP) is 1.14. The fourth-order valence-corrected chi connectivity index (χ4v) is 6.59. The summed E-state index contributed by atoms with van der Waals surface area (Å²) in [5.74, 6) is -1.10. The van der Waals surface area contributed by atoms with Crippen molar-refractivity contribution in [3.05, 3.63) is 58.3 Å². The van der Waals surface area contributed by atoms with Crippen molar-refractivity contribution >= 4 is 38.8 Å². The number of aliphatic imine (C=N–C) groups is 1. The number of benzene rings is 2. The molecule has 1 aromatic heterocycles. The first-order valence-electron chi connectivity index (χ1n) is 13.1. The molecule has 1 atom stereocenters. The Kier molecular flexibility index (Phi) is 8.74. The molecule has 0 spiro atoms. The normalized spacial score (nSPS) is 14.1. The smallest absolute Gasteiger partial charge is 0.323 e. The maximum absolute atomic E-state index is 13.1. The summed E-state index contributed by atoms with van der Waals surface area (Å²) in [6, 6.07) is 7.05. The number of carboxylic acids is 1. The molecule has 0 bridgehead atoms. The molecular formula is C27H35N7O5S. The highest BCUT2D eigenvalue weighted by molar-refractivity contribution is 7.89. The van der Waals surface area contributed by atoms with E-state index in [1.54, 1.807) is 49.8 Å². The molecular weight excluding hydrogens is 534 g/mol. The summed E-state index contributed by atoms with van der Waals surface area (Å²) in [4.78, 5) is 29.1. The van der Waals surface area contributed by atoms with Gasteiger partial charge in [-0.3, -0.25) is 19.3 Å². The lowest BCUT2D eigenvalue weighted by molar-refractivity contribution is -0.138. The Bertz CT molecular complexity index is 1560. The molecule has 12 nitrogen and oxygen atoms in total. The van der Waals surface area contributed by atoms with E-state index in [1.807, 2.05) is 13.0 Å². The molecule has 40 heavy (non-hydrogen) atoms. The molecule has 0 saturated carbocycles. The fourth-order valence-electron chi connectivity index (χ4n) is 4.95. The Morgan fingerprint density at radius 1 is 1.15 bits per heavy atom. The molecule has 2 heterocycles. The van der Waals surface area contributed by atoms with Crippen molar-refractivity contribution in [1.82, 2.24) is 30.5 Å². The zero-order chi connectivity index (χ0) is 29.0. The van der Waals surface area contributed by atoms with Crippen LogP contribution in [0.2, 0.25) is 0 Å². The van der Waals surface area contributed by atoms with Crippen LogP contribution in [0.1, 0.15) is 39.2 Å². The van der Waals surface area contributed by atoms with Gasteiger partial charge in [0.15, 0.2) is 5.96 Å². The van der Waals surface area contributed by atoms with E-state index in [4.69, 9.17) is 0 Å². The van der Waals surface area contributed by atoms with E-state index >= 15 is 0 Å². The predicted molar refractivity (Wildman–Crippen MR) is 152 cm³/mol. The minimum atomic E-state index is -4.15. The third-order valence-corrected chi connectivity index (χ3v) is 8.46. The van der Waals surface area contributed by atoms with Gasteiger partial charge in [0.05, 0.1) is 22.7 Å².